The van der Waals surface area contributed by atoms with E-state index >= 15 is 0 Å². The van der Waals surface area contributed by atoms with Crippen LogP contribution < -0.4 is 16.0 Å². The van der Waals surface area contributed by atoms with Gasteiger partial charge in [0.1, 0.15) is 18.4 Å². The van der Waals surface area contributed by atoms with Crippen LogP contribution in [0.2, 0.25) is 10.0 Å². The molecule has 3 N–H and O–H groups in total. The minimum absolute atomic E-state index is 0.0709. The van der Waals surface area contributed by atoms with E-state index in [2.05, 4.69) is 15.3 Å². The average molecular weight is 535 g/mol. The van der Waals surface area contributed by atoms with Gasteiger partial charge in [0.25, 0.3) is 5.91 Å². The first-order valence-corrected chi connectivity index (χ1v) is 11.4. The van der Waals surface area contributed by atoms with E-state index < -0.39 is 66.4 Å². The third-order valence-corrected chi connectivity index (χ3v) is 6.49. The second kappa shape index (κ2) is 9.65. The number of carbonyl (C=O) groups excluding carboxylic acids is 2. The quantitative estimate of drug-likeness (QED) is 0.576. The van der Waals surface area contributed by atoms with E-state index in [0.29, 0.717) is 28.6 Å². The maximum atomic E-state index is 14.5. The number of nitrogens with one attached hydrogen (secondary N) is 1. The number of hydrogen-bond donors (Lipinski definition) is 2. The average Bonchev–Trinajstić information content (AvgIpc) is 2.76. The van der Waals surface area contributed by atoms with Crippen molar-refractivity contribution < 1.29 is 27.2 Å². The monoisotopic (exact) mass is 534 g/mol. The molecule has 1 aromatic carbocycles. The van der Waals surface area contributed by atoms with E-state index in [-0.39, 0.29) is 6.54 Å². The molecule has 2 aromatic rings. The van der Waals surface area contributed by atoms with Gasteiger partial charge in [-0.15, -0.1) is 0 Å². The minimum Gasteiger partial charge on any atom is -0.381 e. The van der Waals surface area contributed by atoms with Crippen molar-refractivity contribution in [3.63, 3.8) is 0 Å². The number of aromatic nitrogens is 2. The summed E-state index contributed by atoms with van der Waals surface area (Å²) < 4.78 is 56.5. The summed E-state index contributed by atoms with van der Waals surface area (Å²) in [6, 6.07) is 1.73. The number of nitrogens with two attached hydrogens (primary N) is 1. The van der Waals surface area contributed by atoms with Crippen LogP contribution >= 0.6 is 23.2 Å². The summed E-state index contributed by atoms with van der Waals surface area (Å²) in [5.41, 5.74) is 5.85. The van der Waals surface area contributed by atoms with Crippen LogP contribution in [-0.4, -0.2) is 58.0 Å². The Hall–Kier alpha value is -2.86. The van der Waals surface area contributed by atoms with Gasteiger partial charge in [-0.2, -0.15) is 17.6 Å². The standard InChI is InChI=1S/C21H20Cl2F4N6O2/c22-10-6-11(23)8-12(7-10)31-14-2-1-4-32(19(14)34)16-13(21(25,26)27)3-5-33(20(16)35)18-15(24)17(28)29-9-30-18/h6-9,13-14,16,31H,1-5H2,(H2,28,29,30). The van der Waals surface area contributed by atoms with Gasteiger partial charge in [0.15, 0.2) is 11.6 Å². The van der Waals surface area contributed by atoms with Gasteiger partial charge in [-0.25, -0.2) is 9.97 Å². The Morgan fingerprint density at radius 2 is 1.71 bits per heavy atom. The lowest BCUT2D eigenvalue weighted by Gasteiger charge is -2.45. The summed E-state index contributed by atoms with van der Waals surface area (Å²) in [5, 5.41) is 3.56. The molecule has 2 aliphatic heterocycles. The van der Waals surface area contributed by atoms with Gasteiger partial charge in [0.2, 0.25) is 11.7 Å². The van der Waals surface area contributed by atoms with Crippen molar-refractivity contribution in [1.82, 2.24) is 14.9 Å². The fraction of sp³-hybridized carbons (Fsp3) is 0.429. The number of rotatable bonds is 4. The normalized spacial score (nSPS) is 23.5. The van der Waals surface area contributed by atoms with Gasteiger partial charge in [-0.05, 0) is 37.5 Å². The Labute approximate surface area is 207 Å². The molecule has 2 fully saturated rings. The van der Waals surface area contributed by atoms with Crippen LogP contribution in [0.1, 0.15) is 19.3 Å². The number of piperidine rings is 2. The molecular weight excluding hydrogens is 515 g/mol. The zero-order valence-corrected chi connectivity index (χ0v) is 19.5. The predicted molar refractivity (Wildman–Crippen MR) is 122 cm³/mol. The molecule has 3 atom stereocenters. The van der Waals surface area contributed by atoms with Gasteiger partial charge < -0.3 is 16.0 Å². The number of amides is 2. The first-order chi connectivity index (χ1) is 16.5. The number of halogens is 6. The van der Waals surface area contributed by atoms with Crippen LogP contribution in [0.15, 0.2) is 24.5 Å². The molecule has 3 unspecified atom stereocenters. The molecule has 14 heteroatoms. The third-order valence-electron chi connectivity index (χ3n) is 6.05. The van der Waals surface area contributed by atoms with Gasteiger partial charge in [-0.3, -0.25) is 14.5 Å². The Morgan fingerprint density at radius 3 is 2.37 bits per heavy atom. The zero-order valence-electron chi connectivity index (χ0n) is 18.0. The Kier molecular flexibility index (Phi) is 6.96. The molecular formula is C21H20Cl2F4N6O2. The highest BCUT2D eigenvalue weighted by molar-refractivity contribution is 6.35. The predicted octanol–water partition coefficient (Wildman–Crippen LogP) is 3.89. The van der Waals surface area contributed by atoms with Gasteiger partial charge in [0, 0.05) is 28.8 Å². The van der Waals surface area contributed by atoms with Gasteiger partial charge in [0.05, 0.1) is 5.92 Å². The molecule has 0 bridgehead atoms. The second-order valence-electron chi connectivity index (χ2n) is 8.30. The first kappa shape index (κ1) is 25.2. The van der Waals surface area contributed by atoms with E-state index in [9.17, 15) is 27.2 Å². The first-order valence-electron chi connectivity index (χ1n) is 10.6. The molecule has 8 nitrogen and oxygen atoms in total. The lowest BCUT2D eigenvalue weighted by molar-refractivity contribution is -0.200. The van der Waals surface area contributed by atoms with Crippen molar-refractivity contribution in [3.8, 4) is 0 Å². The number of nitrogens with zero attached hydrogens (tertiary/aromatic N) is 4. The Bertz CT molecular complexity index is 1130. The van der Waals surface area contributed by atoms with E-state index in [1.54, 1.807) is 0 Å². The van der Waals surface area contributed by atoms with Crippen molar-refractivity contribution >= 4 is 52.3 Å². The van der Waals surface area contributed by atoms with Gasteiger partial charge in [-0.1, -0.05) is 23.2 Å². The molecule has 188 valence electrons. The molecule has 4 rings (SSSR count). The number of anilines is 3. The SMILES string of the molecule is Nc1ncnc(N2CCC(C(F)(F)F)C(N3CCCC(Nc4cc(Cl)cc(Cl)c4)C3=O)C2=O)c1F. The topological polar surface area (TPSA) is 104 Å². The largest absolute Gasteiger partial charge is 0.394 e. The summed E-state index contributed by atoms with van der Waals surface area (Å²) in [5.74, 6) is -6.10. The summed E-state index contributed by atoms with van der Waals surface area (Å²) >= 11 is 12.0. The molecule has 0 aliphatic carbocycles. The molecule has 0 saturated carbocycles. The highest BCUT2D eigenvalue weighted by Crippen LogP contribution is 2.40. The number of alkyl halides is 3. The molecule has 2 aliphatic rings. The van der Waals surface area contributed by atoms with E-state index in [1.807, 2.05) is 0 Å². The summed E-state index contributed by atoms with van der Waals surface area (Å²) in [7, 11) is 0. The molecule has 0 radical (unpaired) electrons. The molecule has 3 heterocycles. The Balaban J connectivity index is 1.65. The smallest absolute Gasteiger partial charge is 0.381 e. The highest BCUT2D eigenvalue weighted by atomic mass is 35.5. The molecule has 0 spiro atoms. The van der Waals surface area contributed by atoms with Crippen LogP contribution in [0.3, 0.4) is 0 Å². The van der Waals surface area contributed by atoms with Crippen molar-refractivity contribution in [2.45, 2.75) is 37.5 Å². The fourth-order valence-electron chi connectivity index (χ4n) is 4.48. The number of likely N-dealkylation sites (tertiary alicyclic amines) is 1. The van der Waals surface area contributed by atoms with Crippen molar-refractivity contribution in [2.75, 3.05) is 29.0 Å². The van der Waals surface area contributed by atoms with E-state index in [1.165, 1.54) is 18.2 Å². The fourth-order valence-corrected chi connectivity index (χ4v) is 5.01. The number of benzene rings is 1. The number of nitrogen functional groups attached to an aromatic ring is 1. The minimum atomic E-state index is -4.77. The van der Waals surface area contributed by atoms with Crippen LogP contribution in [0.5, 0.6) is 0 Å². The molecule has 35 heavy (non-hydrogen) atoms. The van der Waals surface area contributed by atoms with Crippen molar-refractivity contribution in [3.05, 3.63) is 40.4 Å². The van der Waals surface area contributed by atoms with Crippen LogP contribution in [-0.2, 0) is 9.59 Å². The van der Waals surface area contributed by atoms with Crippen molar-refractivity contribution in [2.24, 2.45) is 5.92 Å². The third kappa shape index (κ3) is 5.08. The molecule has 2 amide bonds. The lowest BCUT2D eigenvalue weighted by Crippen LogP contribution is -2.64. The summed E-state index contributed by atoms with van der Waals surface area (Å²) in [4.78, 5) is 35.6. The van der Waals surface area contributed by atoms with Crippen molar-refractivity contribution in [1.29, 1.82) is 0 Å². The highest BCUT2D eigenvalue weighted by Gasteiger charge is 2.55. The zero-order chi connectivity index (χ0) is 25.5. The van der Waals surface area contributed by atoms with Crippen LogP contribution in [0, 0.1) is 11.7 Å². The van der Waals surface area contributed by atoms with E-state index in [0.717, 1.165) is 16.1 Å². The van der Waals surface area contributed by atoms with Crippen LogP contribution in [0.4, 0.5) is 34.9 Å². The molecule has 2 saturated heterocycles. The summed E-state index contributed by atoms with van der Waals surface area (Å²) in [6.07, 6.45) is -3.75. The molecule has 1 aromatic heterocycles. The van der Waals surface area contributed by atoms with Crippen LogP contribution in [0.25, 0.3) is 0 Å². The number of hydrogen-bond acceptors (Lipinski definition) is 6. The Morgan fingerprint density at radius 1 is 1.03 bits per heavy atom. The van der Waals surface area contributed by atoms with Gasteiger partial charge >= 0.3 is 6.18 Å². The second-order valence-corrected chi connectivity index (χ2v) is 9.17. The lowest BCUT2D eigenvalue weighted by atomic mass is 9.87. The van der Waals surface area contributed by atoms with E-state index in [4.69, 9.17) is 28.9 Å². The maximum absolute atomic E-state index is 14.5. The maximum Gasteiger partial charge on any atom is 0.394 e. The number of carbonyl (C=O) groups is 2. The summed E-state index contributed by atoms with van der Waals surface area (Å²) in [6.45, 7) is -0.518.